The third-order valence-electron chi connectivity index (χ3n) is 3.73. The molecular formula is C14H22N2O3S. The van der Waals surface area contributed by atoms with Crippen LogP contribution < -0.4 is 5.73 Å². The highest BCUT2D eigenvalue weighted by molar-refractivity contribution is 7.89. The molecule has 1 aliphatic rings. The number of aliphatic hydroxyl groups is 1. The number of aryl methyl sites for hydroxylation is 1. The van der Waals surface area contributed by atoms with Crippen LogP contribution in [0.2, 0.25) is 0 Å². The highest BCUT2D eigenvalue weighted by Gasteiger charge is 2.30. The summed E-state index contributed by atoms with van der Waals surface area (Å²) in [6, 6.07) is 4.92. The average molecular weight is 298 g/mol. The molecule has 0 radical (unpaired) electrons. The van der Waals surface area contributed by atoms with E-state index in [1.54, 1.807) is 12.1 Å². The first-order chi connectivity index (χ1) is 9.43. The van der Waals surface area contributed by atoms with E-state index in [0.717, 1.165) is 18.4 Å². The first kappa shape index (κ1) is 15.3. The Kier molecular flexibility index (Phi) is 4.67. The van der Waals surface area contributed by atoms with E-state index in [9.17, 15) is 8.42 Å². The van der Waals surface area contributed by atoms with Gasteiger partial charge in [0.25, 0.3) is 0 Å². The molecule has 1 aromatic carbocycles. The van der Waals surface area contributed by atoms with Gasteiger partial charge in [0.1, 0.15) is 0 Å². The molecule has 0 aliphatic carbocycles. The summed E-state index contributed by atoms with van der Waals surface area (Å²) >= 11 is 0. The van der Waals surface area contributed by atoms with E-state index in [-0.39, 0.29) is 17.4 Å². The van der Waals surface area contributed by atoms with Crippen LogP contribution in [0.15, 0.2) is 23.1 Å². The molecule has 6 heteroatoms. The zero-order valence-corrected chi connectivity index (χ0v) is 12.6. The van der Waals surface area contributed by atoms with Gasteiger partial charge in [-0.25, -0.2) is 8.42 Å². The summed E-state index contributed by atoms with van der Waals surface area (Å²) in [6.45, 7) is 2.96. The molecule has 112 valence electrons. The van der Waals surface area contributed by atoms with Gasteiger partial charge in [-0.15, -0.1) is 0 Å². The molecule has 0 bridgehead atoms. The quantitative estimate of drug-likeness (QED) is 0.822. The summed E-state index contributed by atoms with van der Waals surface area (Å²) < 4.78 is 26.8. The Labute approximate surface area is 120 Å². The van der Waals surface area contributed by atoms with Gasteiger partial charge in [0.2, 0.25) is 10.0 Å². The maximum Gasteiger partial charge on any atom is 0.243 e. The number of nitrogens with two attached hydrogens (primary N) is 1. The number of nitrogens with zero attached hydrogens (tertiary/aromatic N) is 1. The van der Waals surface area contributed by atoms with Crippen LogP contribution in [0.4, 0.5) is 5.69 Å². The highest BCUT2D eigenvalue weighted by atomic mass is 32.2. The number of piperidine rings is 1. The van der Waals surface area contributed by atoms with Crippen molar-refractivity contribution in [2.75, 3.05) is 25.4 Å². The fourth-order valence-corrected chi connectivity index (χ4v) is 4.43. The number of benzene rings is 1. The van der Waals surface area contributed by atoms with Gasteiger partial charge < -0.3 is 10.8 Å². The highest BCUT2D eigenvalue weighted by Crippen LogP contribution is 2.26. The van der Waals surface area contributed by atoms with Crippen LogP contribution >= 0.6 is 0 Å². The number of hydrogen-bond donors (Lipinski definition) is 2. The minimum atomic E-state index is -3.49. The van der Waals surface area contributed by atoms with E-state index in [4.69, 9.17) is 10.8 Å². The van der Waals surface area contributed by atoms with E-state index >= 15 is 0 Å². The Hall–Kier alpha value is -1.11. The summed E-state index contributed by atoms with van der Waals surface area (Å²) in [7, 11) is -3.49. The topological polar surface area (TPSA) is 83.6 Å². The van der Waals surface area contributed by atoms with Crippen molar-refractivity contribution in [1.29, 1.82) is 0 Å². The Morgan fingerprint density at radius 2 is 2.15 bits per heavy atom. The van der Waals surface area contributed by atoms with Crippen molar-refractivity contribution in [2.24, 2.45) is 5.92 Å². The molecule has 1 aliphatic heterocycles. The van der Waals surface area contributed by atoms with Crippen molar-refractivity contribution in [3.8, 4) is 0 Å². The van der Waals surface area contributed by atoms with Gasteiger partial charge in [0, 0.05) is 25.4 Å². The van der Waals surface area contributed by atoms with Gasteiger partial charge in [0.05, 0.1) is 4.90 Å². The van der Waals surface area contributed by atoms with Crippen molar-refractivity contribution < 1.29 is 13.5 Å². The van der Waals surface area contributed by atoms with Crippen molar-refractivity contribution in [2.45, 2.75) is 31.1 Å². The smallest absolute Gasteiger partial charge is 0.243 e. The first-order valence-corrected chi connectivity index (χ1v) is 8.35. The van der Waals surface area contributed by atoms with E-state index in [2.05, 4.69) is 0 Å². The summed E-state index contributed by atoms with van der Waals surface area (Å²) in [5.41, 5.74) is 7.05. The molecule has 5 nitrogen and oxygen atoms in total. The van der Waals surface area contributed by atoms with E-state index in [1.165, 1.54) is 10.4 Å². The second kappa shape index (κ2) is 6.11. The molecule has 1 heterocycles. The lowest BCUT2D eigenvalue weighted by Gasteiger charge is -2.31. The fourth-order valence-electron chi connectivity index (χ4n) is 2.74. The van der Waals surface area contributed by atoms with Crippen molar-refractivity contribution in [3.63, 3.8) is 0 Å². The minimum Gasteiger partial charge on any atom is -0.399 e. The molecule has 20 heavy (non-hydrogen) atoms. The van der Waals surface area contributed by atoms with Gasteiger partial charge in [-0.05, 0) is 55.9 Å². The van der Waals surface area contributed by atoms with Crippen LogP contribution in [-0.2, 0) is 10.0 Å². The third kappa shape index (κ3) is 3.31. The lowest BCUT2D eigenvalue weighted by Crippen LogP contribution is -2.40. The largest absolute Gasteiger partial charge is 0.399 e. The molecule has 3 N–H and O–H groups in total. The second-order valence-corrected chi connectivity index (χ2v) is 7.40. The molecule has 1 saturated heterocycles. The summed E-state index contributed by atoms with van der Waals surface area (Å²) in [6.07, 6.45) is 2.47. The monoisotopic (exact) mass is 298 g/mol. The zero-order chi connectivity index (χ0) is 14.8. The summed E-state index contributed by atoms with van der Waals surface area (Å²) in [4.78, 5) is 0.264. The number of nitrogen functional groups attached to an aromatic ring is 1. The third-order valence-corrected chi connectivity index (χ3v) is 5.57. The zero-order valence-electron chi connectivity index (χ0n) is 11.7. The molecule has 2 rings (SSSR count). The molecule has 1 unspecified atom stereocenters. The molecule has 1 fully saturated rings. The Balaban J connectivity index is 2.25. The lowest BCUT2D eigenvalue weighted by molar-refractivity contribution is 0.203. The van der Waals surface area contributed by atoms with Gasteiger partial charge >= 0.3 is 0 Å². The number of hydrogen-bond acceptors (Lipinski definition) is 4. The fraction of sp³-hybridized carbons (Fsp3) is 0.571. The second-order valence-electron chi connectivity index (χ2n) is 5.46. The number of anilines is 1. The van der Waals surface area contributed by atoms with Crippen LogP contribution in [0.1, 0.15) is 24.8 Å². The van der Waals surface area contributed by atoms with Gasteiger partial charge in [-0.1, -0.05) is 0 Å². The average Bonchev–Trinajstić information content (AvgIpc) is 2.38. The normalized spacial score (nSPS) is 21.0. The van der Waals surface area contributed by atoms with Gasteiger partial charge in [0.15, 0.2) is 0 Å². The Bertz CT molecular complexity index is 550. The maximum absolute atomic E-state index is 12.6. The molecule has 0 amide bonds. The lowest BCUT2D eigenvalue weighted by atomic mass is 9.97. The van der Waals surface area contributed by atoms with Crippen LogP contribution in [0, 0.1) is 12.8 Å². The molecule has 0 saturated carbocycles. The first-order valence-electron chi connectivity index (χ1n) is 6.91. The van der Waals surface area contributed by atoms with E-state index in [0.29, 0.717) is 25.2 Å². The molecule has 0 spiro atoms. The molecular weight excluding hydrogens is 276 g/mol. The van der Waals surface area contributed by atoms with Crippen molar-refractivity contribution in [1.82, 2.24) is 4.31 Å². The summed E-state index contributed by atoms with van der Waals surface area (Å²) in [5, 5.41) is 9.01. The minimum absolute atomic E-state index is 0.107. The Morgan fingerprint density at radius 3 is 2.80 bits per heavy atom. The standard InChI is InChI=1S/C14H22N2O3S/c1-11-7-13(15)9-14(8-11)20(18,19)16-5-2-3-12(10-16)4-6-17/h7-9,12,17H,2-6,10,15H2,1H3. The van der Waals surface area contributed by atoms with E-state index in [1.807, 2.05) is 6.92 Å². The van der Waals surface area contributed by atoms with Crippen LogP contribution in [0.3, 0.4) is 0 Å². The molecule has 0 aromatic heterocycles. The predicted molar refractivity (Wildman–Crippen MR) is 78.8 cm³/mol. The Morgan fingerprint density at radius 1 is 1.40 bits per heavy atom. The van der Waals surface area contributed by atoms with Crippen molar-refractivity contribution in [3.05, 3.63) is 23.8 Å². The van der Waals surface area contributed by atoms with E-state index < -0.39 is 10.0 Å². The van der Waals surface area contributed by atoms with Gasteiger partial charge in [-0.2, -0.15) is 4.31 Å². The molecule has 1 aromatic rings. The predicted octanol–water partition coefficient (Wildman–Crippen LogP) is 1.36. The summed E-state index contributed by atoms with van der Waals surface area (Å²) in [5.74, 6) is 0.241. The number of sulfonamides is 1. The maximum atomic E-state index is 12.6. The van der Waals surface area contributed by atoms with Crippen molar-refractivity contribution >= 4 is 15.7 Å². The SMILES string of the molecule is Cc1cc(N)cc(S(=O)(=O)N2CCCC(CCO)C2)c1. The van der Waals surface area contributed by atoms with Gasteiger partial charge in [-0.3, -0.25) is 0 Å². The van der Waals surface area contributed by atoms with Crippen LogP contribution in [0.25, 0.3) is 0 Å². The van der Waals surface area contributed by atoms with Crippen LogP contribution in [0.5, 0.6) is 0 Å². The molecule has 1 atom stereocenters. The number of aliphatic hydroxyl groups excluding tert-OH is 1. The number of rotatable bonds is 4. The van der Waals surface area contributed by atoms with Crippen LogP contribution in [-0.4, -0.2) is 37.5 Å².